The Balaban J connectivity index is 2.97. The molecular weight excluding hydrogens is 368 g/mol. The maximum Gasteiger partial charge on any atom is 0.0466 e. The van der Waals surface area contributed by atoms with Crippen molar-refractivity contribution < 1.29 is 9.47 Å². The van der Waals surface area contributed by atoms with E-state index in [4.69, 9.17) is 9.47 Å². The van der Waals surface area contributed by atoms with Crippen LogP contribution in [0.2, 0.25) is 0 Å². The number of unbranched alkanes of at least 4 members (excludes halogenated alkanes) is 19. The standard InChI is InChI=1S/C28H58O2/c1-3-5-7-9-11-13-17-21-25-29-27-23-19-15-16-20-24-28-30-26-22-18-14-12-10-8-6-4-2/h3-28H2,1-2H3. The molecule has 0 bridgehead atoms. The van der Waals surface area contributed by atoms with E-state index < -0.39 is 0 Å². The summed E-state index contributed by atoms with van der Waals surface area (Å²) in [5, 5.41) is 0. The van der Waals surface area contributed by atoms with Gasteiger partial charge in [-0.15, -0.1) is 0 Å². The molecule has 0 unspecified atom stereocenters. The van der Waals surface area contributed by atoms with Crippen LogP contribution in [-0.4, -0.2) is 26.4 Å². The summed E-state index contributed by atoms with van der Waals surface area (Å²) in [5.41, 5.74) is 0. The molecular formula is C28H58O2. The Labute approximate surface area is 191 Å². The zero-order valence-corrected chi connectivity index (χ0v) is 21.2. The molecule has 0 spiro atoms. The van der Waals surface area contributed by atoms with Gasteiger partial charge >= 0.3 is 0 Å². The molecule has 30 heavy (non-hydrogen) atoms. The topological polar surface area (TPSA) is 18.5 Å². The molecule has 0 saturated carbocycles. The van der Waals surface area contributed by atoms with Gasteiger partial charge in [-0.3, -0.25) is 0 Å². The van der Waals surface area contributed by atoms with Crippen LogP contribution in [-0.2, 0) is 9.47 Å². The summed E-state index contributed by atoms with van der Waals surface area (Å²) >= 11 is 0. The maximum absolute atomic E-state index is 5.78. The smallest absolute Gasteiger partial charge is 0.0466 e. The highest BCUT2D eigenvalue weighted by molar-refractivity contribution is 4.49. The van der Waals surface area contributed by atoms with Crippen molar-refractivity contribution in [3.8, 4) is 0 Å². The normalized spacial score (nSPS) is 11.4. The fraction of sp³-hybridized carbons (Fsp3) is 1.00. The highest BCUT2D eigenvalue weighted by Gasteiger charge is 1.96. The van der Waals surface area contributed by atoms with Gasteiger partial charge in [0.05, 0.1) is 0 Å². The van der Waals surface area contributed by atoms with Crippen molar-refractivity contribution in [1.82, 2.24) is 0 Å². The molecule has 0 aromatic heterocycles. The summed E-state index contributed by atoms with van der Waals surface area (Å²) in [6, 6.07) is 0. The first-order valence-corrected chi connectivity index (χ1v) is 14.1. The number of rotatable bonds is 27. The molecule has 0 aliphatic rings. The molecule has 0 aliphatic heterocycles. The Kier molecular flexibility index (Phi) is 28.8. The van der Waals surface area contributed by atoms with Gasteiger partial charge in [-0.1, -0.05) is 129 Å². The zero-order valence-electron chi connectivity index (χ0n) is 21.2. The minimum atomic E-state index is 0.970. The number of ether oxygens (including phenoxy) is 2. The fourth-order valence-corrected chi connectivity index (χ4v) is 4.00. The van der Waals surface area contributed by atoms with Gasteiger partial charge in [0.25, 0.3) is 0 Å². The predicted octanol–water partition coefficient (Wildman–Crippen LogP) is 9.64. The molecule has 0 aromatic rings. The van der Waals surface area contributed by atoms with Crippen molar-refractivity contribution in [2.75, 3.05) is 26.4 Å². The van der Waals surface area contributed by atoms with Gasteiger partial charge in [0.2, 0.25) is 0 Å². The largest absolute Gasteiger partial charge is 0.381 e. The molecule has 0 amide bonds. The molecule has 0 aliphatic carbocycles. The minimum absolute atomic E-state index is 0.970. The van der Waals surface area contributed by atoms with E-state index in [1.807, 2.05) is 0 Å². The van der Waals surface area contributed by atoms with E-state index in [1.54, 1.807) is 0 Å². The van der Waals surface area contributed by atoms with Gasteiger partial charge in [-0.05, 0) is 25.7 Å². The molecule has 0 heterocycles. The lowest BCUT2D eigenvalue weighted by Crippen LogP contribution is -1.98. The number of hydrogen-bond acceptors (Lipinski definition) is 2. The highest BCUT2D eigenvalue weighted by atomic mass is 16.5. The average Bonchev–Trinajstić information content (AvgIpc) is 2.76. The van der Waals surface area contributed by atoms with Crippen molar-refractivity contribution in [1.29, 1.82) is 0 Å². The molecule has 0 radical (unpaired) electrons. The van der Waals surface area contributed by atoms with E-state index in [-0.39, 0.29) is 0 Å². The molecule has 0 saturated heterocycles. The Morgan fingerprint density at radius 1 is 0.267 bits per heavy atom. The third-order valence-corrected chi connectivity index (χ3v) is 6.11. The van der Waals surface area contributed by atoms with Crippen LogP contribution in [0, 0.1) is 0 Å². The van der Waals surface area contributed by atoms with Crippen molar-refractivity contribution >= 4 is 0 Å². The molecule has 2 heteroatoms. The Hall–Kier alpha value is -0.0800. The van der Waals surface area contributed by atoms with E-state index in [0.717, 1.165) is 26.4 Å². The fourth-order valence-electron chi connectivity index (χ4n) is 4.00. The summed E-state index contributed by atoms with van der Waals surface area (Å²) in [7, 11) is 0. The molecule has 0 N–H and O–H groups in total. The number of hydrogen-bond donors (Lipinski definition) is 0. The third kappa shape index (κ3) is 27.9. The van der Waals surface area contributed by atoms with Gasteiger partial charge in [0.15, 0.2) is 0 Å². The summed E-state index contributed by atoms with van der Waals surface area (Å²) in [4.78, 5) is 0. The van der Waals surface area contributed by atoms with Gasteiger partial charge in [0.1, 0.15) is 0 Å². The van der Waals surface area contributed by atoms with Crippen molar-refractivity contribution in [2.45, 2.75) is 155 Å². The predicted molar refractivity (Wildman–Crippen MR) is 135 cm³/mol. The molecule has 0 aromatic carbocycles. The van der Waals surface area contributed by atoms with Crippen LogP contribution >= 0.6 is 0 Å². The first-order chi connectivity index (χ1) is 14.9. The van der Waals surface area contributed by atoms with Crippen LogP contribution in [0.1, 0.15) is 155 Å². The van der Waals surface area contributed by atoms with E-state index in [1.165, 1.54) is 141 Å². The lowest BCUT2D eigenvalue weighted by molar-refractivity contribution is 0.123. The van der Waals surface area contributed by atoms with Gasteiger partial charge < -0.3 is 9.47 Å². The first-order valence-electron chi connectivity index (χ1n) is 14.1. The molecule has 2 nitrogen and oxygen atoms in total. The van der Waals surface area contributed by atoms with Crippen molar-refractivity contribution in [3.05, 3.63) is 0 Å². The average molecular weight is 427 g/mol. The quantitative estimate of drug-likeness (QED) is 0.122. The Bertz CT molecular complexity index is 252. The summed E-state index contributed by atoms with van der Waals surface area (Å²) in [5.74, 6) is 0. The van der Waals surface area contributed by atoms with Crippen molar-refractivity contribution in [3.63, 3.8) is 0 Å². The summed E-state index contributed by atoms with van der Waals surface area (Å²) in [6.07, 6.45) is 30.0. The van der Waals surface area contributed by atoms with Crippen LogP contribution in [0.25, 0.3) is 0 Å². The summed E-state index contributed by atoms with van der Waals surface area (Å²) in [6.45, 7) is 8.46. The lowest BCUT2D eigenvalue weighted by atomic mass is 10.1. The third-order valence-electron chi connectivity index (χ3n) is 6.11. The van der Waals surface area contributed by atoms with Crippen molar-refractivity contribution in [2.24, 2.45) is 0 Å². The Morgan fingerprint density at radius 3 is 0.700 bits per heavy atom. The van der Waals surface area contributed by atoms with E-state index in [2.05, 4.69) is 13.8 Å². The monoisotopic (exact) mass is 426 g/mol. The van der Waals surface area contributed by atoms with Crippen LogP contribution in [0.4, 0.5) is 0 Å². The zero-order chi connectivity index (χ0) is 21.8. The van der Waals surface area contributed by atoms with Crippen LogP contribution in [0.3, 0.4) is 0 Å². The second kappa shape index (κ2) is 28.9. The highest BCUT2D eigenvalue weighted by Crippen LogP contribution is 2.10. The van der Waals surface area contributed by atoms with Crippen LogP contribution in [0.5, 0.6) is 0 Å². The van der Waals surface area contributed by atoms with Crippen LogP contribution < -0.4 is 0 Å². The molecule has 0 atom stereocenters. The van der Waals surface area contributed by atoms with E-state index >= 15 is 0 Å². The molecule has 182 valence electrons. The summed E-state index contributed by atoms with van der Waals surface area (Å²) < 4.78 is 11.6. The van der Waals surface area contributed by atoms with Crippen LogP contribution in [0.15, 0.2) is 0 Å². The minimum Gasteiger partial charge on any atom is -0.381 e. The van der Waals surface area contributed by atoms with E-state index in [9.17, 15) is 0 Å². The Morgan fingerprint density at radius 2 is 0.467 bits per heavy atom. The second-order valence-electron chi connectivity index (χ2n) is 9.30. The van der Waals surface area contributed by atoms with Gasteiger partial charge in [-0.25, -0.2) is 0 Å². The second-order valence-corrected chi connectivity index (χ2v) is 9.30. The van der Waals surface area contributed by atoms with Gasteiger partial charge in [0, 0.05) is 26.4 Å². The SMILES string of the molecule is CCCCCCCCCCOCCCCCCCCOCCCCCCCCCC. The molecule has 0 rings (SSSR count). The van der Waals surface area contributed by atoms with Gasteiger partial charge in [-0.2, -0.15) is 0 Å². The molecule has 0 fully saturated rings. The lowest BCUT2D eigenvalue weighted by Gasteiger charge is -2.06. The van der Waals surface area contributed by atoms with E-state index in [0.29, 0.717) is 0 Å². The first kappa shape index (κ1) is 29.9. The maximum atomic E-state index is 5.78.